The average molecular weight is 336 g/mol. The summed E-state index contributed by atoms with van der Waals surface area (Å²) in [4.78, 5) is 30.9. The van der Waals surface area contributed by atoms with Gasteiger partial charge in [0.05, 0.1) is 13.1 Å². The number of amides is 2. The van der Waals surface area contributed by atoms with Gasteiger partial charge in [-0.1, -0.05) is 0 Å². The zero-order valence-electron chi connectivity index (χ0n) is 15.0. The Morgan fingerprint density at radius 2 is 1.58 bits per heavy atom. The molecule has 3 rings (SSSR count). The Balaban J connectivity index is 1.33. The van der Waals surface area contributed by atoms with Crippen LogP contribution in [0.3, 0.4) is 0 Å². The van der Waals surface area contributed by atoms with Crippen LogP contribution in [0.4, 0.5) is 0 Å². The molecule has 0 radical (unpaired) electrons. The zero-order chi connectivity index (χ0) is 16.9. The maximum atomic E-state index is 12.5. The molecule has 1 aliphatic carbocycles. The van der Waals surface area contributed by atoms with Crippen molar-refractivity contribution in [1.29, 1.82) is 0 Å². The molecular weight excluding hydrogens is 304 g/mol. The summed E-state index contributed by atoms with van der Waals surface area (Å²) in [6.07, 6.45) is 6.05. The van der Waals surface area contributed by atoms with Gasteiger partial charge < -0.3 is 10.2 Å². The molecule has 2 heterocycles. The van der Waals surface area contributed by atoms with Crippen molar-refractivity contribution in [1.82, 2.24) is 20.0 Å². The first-order valence-corrected chi connectivity index (χ1v) is 9.62. The van der Waals surface area contributed by atoms with Gasteiger partial charge in [0.2, 0.25) is 11.8 Å². The summed E-state index contributed by atoms with van der Waals surface area (Å²) in [5, 5.41) is 3.03. The second-order valence-corrected chi connectivity index (χ2v) is 7.73. The smallest absolute Gasteiger partial charge is 0.236 e. The molecule has 3 fully saturated rings. The number of piperidine rings is 1. The third-order valence-corrected chi connectivity index (χ3v) is 5.60. The van der Waals surface area contributed by atoms with Gasteiger partial charge in [-0.25, -0.2) is 0 Å². The first-order valence-electron chi connectivity index (χ1n) is 9.62. The summed E-state index contributed by atoms with van der Waals surface area (Å²) in [7, 11) is 0. The molecule has 0 aromatic heterocycles. The minimum Gasteiger partial charge on any atom is -0.355 e. The lowest BCUT2D eigenvalue weighted by molar-refractivity contribution is -0.136. The van der Waals surface area contributed by atoms with Crippen molar-refractivity contribution < 1.29 is 9.59 Å². The third-order valence-electron chi connectivity index (χ3n) is 5.60. The van der Waals surface area contributed by atoms with Gasteiger partial charge in [-0.05, 0) is 44.9 Å². The molecule has 6 nitrogen and oxygen atoms in total. The van der Waals surface area contributed by atoms with E-state index in [1.807, 2.05) is 0 Å². The van der Waals surface area contributed by atoms with Crippen LogP contribution in [0.15, 0.2) is 0 Å². The summed E-state index contributed by atoms with van der Waals surface area (Å²) in [6.45, 7) is 8.47. The van der Waals surface area contributed by atoms with Crippen molar-refractivity contribution in [3.63, 3.8) is 0 Å². The van der Waals surface area contributed by atoms with E-state index in [4.69, 9.17) is 0 Å². The summed E-state index contributed by atoms with van der Waals surface area (Å²) in [6, 6.07) is 0.391. The number of carbonyl (C=O) groups is 2. The van der Waals surface area contributed by atoms with Gasteiger partial charge >= 0.3 is 0 Å². The van der Waals surface area contributed by atoms with Crippen LogP contribution in [0.2, 0.25) is 0 Å². The largest absolute Gasteiger partial charge is 0.355 e. The van der Waals surface area contributed by atoms with Gasteiger partial charge in [-0.2, -0.15) is 0 Å². The second-order valence-electron chi connectivity index (χ2n) is 7.73. The molecule has 0 spiro atoms. The topological polar surface area (TPSA) is 55.9 Å². The van der Waals surface area contributed by atoms with Crippen LogP contribution in [0.5, 0.6) is 0 Å². The van der Waals surface area contributed by atoms with Crippen molar-refractivity contribution in [3.05, 3.63) is 0 Å². The zero-order valence-corrected chi connectivity index (χ0v) is 15.0. The van der Waals surface area contributed by atoms with E-state index in [9.17, 15) is 9.59 Å². The Kier molecular flexibility index (Phi) is 6.11. The SMILES string of the molecule is CC1CCCCN1C(=O)CN1CCN(CC(=O)NCC2CC2)CC1. The monoisotopic (exact) mass is 336 g/mol. The summed E-state index contributed by atoms with van der Waals surface area (Å²) in [5.41, 5.74) is 0. The van der Waals surface area contributed by atoms with Gasteiger partial charge in [-0.15, -0.1) is 0 Å². The number of piperazine rings is 1. The fourth-order valence-corrected chi connectivity index (χ4v) is 3.70. The Bertz CT molecular complexity index is 444. The van der Waals surface area contributed by atoms with Gasteiger partial charge in [0.25, 0.3) is 0 Å². The molecule has 0 aromatic carbocycles. The van der Waals surface area contributed by atoms with Crippen molar-refractivity contribution >= 4 is 11.8 Å². The molecular formula is C18H32N4O2. The number of hydrogen-bond acceptors (Lipinski definition) is 4. The van der Waals surface area contributed by atoms with Gasteiger partial charge in [-0.3, -0.25) is 19.4 Å². The lowest BCUT2D eigenvalue weighted by Gasteiger charge is -2.37. The van der Waals surface area contributed by atoms with Gasteiger partial charge in [0.15, 0.2) is 0 Å². The van der Waals surface area contributed by atoms with E-state index in [2.05, 4.69) is 26.9 Å². The standard InChI is InChI=1S/C18H32N4O2/c1-15-4-2-3-7-22(15)18(24)14-21-10-8-20(9-11-21)13-17(23)19-12-16-5-6-16/h15-16H,2-14H2,1H3,(H,19,23). The van der Waals surface area contributed by atoms with Crippen LogP contribution in [-0.2, 0) is 9.59 Å². The minimum absolute atomic E-state index is 0.147. The quantitative estimate of drug-likeness (QED) is 0.769. The third kappa shape index (κ3) is 5.18. The molecule has 6 heteroatoms. The Hall–Kier alpha value is -1.14. The molecule has 2 amide bonds. The first-order chi connectivity index (χ1) is 11.6. The highest BCUT2D eigenvalue weighted by Gasteiger charge is 2.27. The van der Waals surface area contributed by atoms with Crippen molar-refractivity contribution in [2.75, 3.05) is 52.4 Å². The number of likely N-dealkylation sites (tertiary alicyclic amines) is 1. The predicted molar refractivity (Wildman–Crippen MR) is 93.6 cm³/mol. The van der Waals surface area contributed by atoms with E-state index in [1.54, 1.807) is 0 Å². The molecule has 2 aliphatic heterocycles. The van der Waals surface area contributed by atoms with Gasteiger partial charge in [0, 0.05) is 45.3 Å². The molecule has 0 bridgehead atoms. The number of rotatable bonds is 6. The Labute approximate surface area is 145 Å². The molecule has 3 aliphatic rings. The van der Waals surface area contributed by atoms with E-state index in [0.717, 1.165) is 58.0 Å². The van der Waals surface area contributed by atoms with E-state index in [0.29, 0.717) is 19.1 Å². The summed E-state index contributed by atoms with van der Waals surface area (Å²) in [5.74, 6) is 1.15. The van der Waals surface area contributed by atoms with Crippen LogP contribution in [0, 0.1) is 5.92 Å². The van der Waals surface area contributed by atoms with E-state index < -0.39 is 0 Å². The molecule has 136 valence electrons. The molecule has 1 atom stereocenters. The molecule has 1 unspecified atom stereocenters. The minimum atomic E-state index is 0.147. The molecule has 0 aromatic rings. The maximum Gasteiger partial charge on any atom is 0.236 e. The van der Waals surface area contributed by atoms with Gasteiger partial charge in [0.1, 0.15) is 0 Å². The number of nitrogens with zero attached hydrogens (tertiary/aromatic N) is 3. The molecule has 24 heavy (non-hydrogen) atoms. The van der Waals surface area contributed by atoms with Crippen molar-refractivity contribution in [3.8, 4) is 0 Å². The molecule has 2 saturated heterocycles. The average Bonchev–Trinajstić information content (AvgIpc) is 3.39. The summed E-state index contributed by atoms with van der Waals surface area (Å²) >= 11 is 0. The molecule has 1 saturated carbocycles. The van der Waals surface area contributed by atoms with Crippen LogP contribution in [0.1, 0.15) is 39.0 Å². The van der Waals surface area contributed by atoms with Crippen LogP contribution >= 0.6 is 0 Å². The summed E-state index contributed by atoms with van der Waals surface area (Å²) < 4.78 is 0. The van der Waals surface area contributed by atoms with Crippen LogP contribution in [0.25, 0.3) is 0 Å². The highest BCUT2D eigenvalue weighted by molar-refractivity contribution is 5.79. The van der Waals surface area contributed by atoms with E-state index >= 15 is 0 Å². The van der Waals surface area contributed by atoms with Crippen molar-refractivity contribution in [2.45, 2.75) is 45.1 Å². The van der Waals surface area contributed by atoms with Crippen LogP contribution < -0.4 is 5.32 Å². The number of carbonyl (C=O) groups excluding carboxylic acids is 2. The lowest BCUT2D eigenvalue weighted by atomic mass is 10.0. The second kappa shape index (κ2) is 8.30. The lowest BCUT2D eigenvalue weighted by Crippen LogP contribution is -2.53. The number of hydrogen-bond donors (Lipinski definition) is 1. The molecule has 1 N–H and O–H groups in total. The van der Waals surface area contributed by atoms with E-state index in [-0.39, 0.29) is 11.8 Å². The van der Waals surface area contributed by atoms with E-state index in [1.165, 1.54) is 19.3 Å². The predicted octanol–water partition coefficient (Wildman–Crippen LogP) is 0.531. The highest BCUT2D eigenvalue weighted by Crippen LogP contribution is 2.27. The first kappa shape index (κ1) is 17.7. The Morgan fingerprint density at radius 1 is 0.917 bits per heavy atom. The maximum absolute atomic E-state index is 12.5. The number of nitrogens with one attached hydrogen (secondary N) is 1. The highest BCUT2D eigenvalue weighted by atomic mass is 16.2. The van der Waals surface area contributed by atoms with Crippen LogP contribution in [-0.4, -0.2) is 84.9 Å². The fourth-order valence-electron chi connectivity index (χ4n) is 3.70. The normalized spacial score (nSPS) is 26.4. The Morgan fingerprint density at radius 3 is 2.21 bits per heavy atom. The van der Waals surface area contributed by atoms with Crippen molar-refractivity contribution in [2.24, 2.45) is 5.92 Å². The fraction of sp³-hybridized carbons (Fsp3) is 0.889.